The molecule has 6 nitrogen and oxygen atoms in total. The molecule has 19 heavy (non-hydrogen) atoms. The van der Waals surface area contributed by atoms with Gasteiger partial charge in [0.25, 0.3) is 0 Å². The fourth-order valence-corrected chi connectivity index (χ4v) is 2.21. The number of ether oxygens (including phenoxy) is 1. The highest BCUT2D eigenvalue weighted by Crippen LogP contribution is 2.17. The van der Waals surface area contributed by atoms with E-state index in [0.717, 1.165) is 12.8 Å². The number of carboxylic acids is 1. The minimum atomic E-state index is -1.04. The van der Waals surface area contributed by atoms with Gasteiger partial charge in [-0.05, 0) is 25.2 Å². The number of nitrogens with two attached hydrogens (primary N) is 1. The van der Waals surface area contributed by atoms with E-state index >= 15 is 0 Å². The second-order valence-corrected chi connectivity index (χ2v) is 5.51. The van der Waals surface area contributed by atoms with E-state index < -0.39 is 24.0 Å². The molecule has 1 saturated heterocycles. The Hall–Kier alpha value is -1.14. The van der Waals surface area contributed by atoms with Gasteiger partial charge < -0.3 is 20.9 Å². The Bertz CT molecular complexity index is 314. The number of rotatable bonds is 7. The summed E-state index contributed by atoms with van der Waals surface area (Å²) in [6, 6.07) is -1.58. The fourth-order valence-electron chi connectivity index (χ4n) is 2.21. The first-order valence-corrected chi connectivity index (χ1v) is 6.80. The fraction of sp³-hybridized carbons (Fsp3) is 0.846. The molecular weight excluding hydrogens is 248 g/mol. The number of nitrogens with one attached hydrogen (secondary N) is 1. The average molecular weight is 272 g/mol. The second kappa shape index (κ2) is 7.45. The van der Waals surface area contributed by atoms with Crippen LogP contribution in [0.4, 0.5) is 0 Å². The Balaban J connectivity index is 2.47. The summed E-state index contributed by atoms with van der Waals surface area (Å²) in [6.07, 6.45) is 2.55. The zero-order chi connectivity index (χ0) is 14.4. The lowest BCUT2D eigenvalue weighted by Gasteiger charge is -2.20. The molecule has 1 aliphatic rings. The summed E-state index contributed by atoms with van der Waals surface area (Å²) in [7, 11) is 0. The van der Waals surface area contributed by atoms with Crippen molar-refractivity contribution >= 4 is 11.9 Å². The molecule has 1 aliphatic heterocycles. The summed E-state index contributed by atoms with van der Waals surface area (Å²) in [5, 5.41) is 11.6. The molecule has 0 aromatic rings. The van der Waals surface area contributed by atoms with Crippen molar-refractivity contribution in [1.82, 2.24) is 5.32 Å². The van der Waals surface area contributed by atoms with Crippen molar-refractivity contribution in [3.8, 4) is 0 Å². The van der Waals surface area contributed by atoms with Gasteiger partial charge in [-0.15, -0.1) is 0 Å². The Morgan fingerprint density at radius 3 is 2.63 bits per heavy atom. The van der Waals surface area contributed by atoms with Crippen molar-refractivity contribution in [3.05, 3.63) is 0 Å². The van der Waals surface area contributed by atoms with Crippen molar-refractivity contribution in [1.29, 1.82) is 0 Å². The third-order valence-corrected chi connectivity index (χ3v) is 3.20. The van der Waals surface area contributed by atoms with E-state index in [9.17, 15) is 9.59 Å². The van der Waals surface area contributed by atoms with Crippen LogP contribution in [0.25, 0.3) is 0 Å². The minimum absolute atomic E-state index is 0.0808. The lowest BCUT2D eigenvalue weighted by atomic mass is 10.0. The lowest BCUT2D eigenvalue weighted by Crippen LogP contribution is -2.49. The Labute approximate surface area is 113 Å². The summed E-state index contributed by atoms with van der Waals surface area (Å²) in [6.45, 7) is 4.60. The van der Waals surface area contributed by atoms with Crippen molar-refractivity contribution in [2.24, 2.45) is 11.7 Å². The predicted octanol–water partition coefficient (Wildman–Crippen LogP) is 0.498. The van der Waals surface area contributed by atoms with E-state index in [-0.39, 0.29) is 6.10 Å². The molecule has 0 aromatic carbocycles. The molecule has 0 bridgehead atoms. The van der Waals surface area contributed by atoms with Crippen molar-refractivity contribution in [2.75, 3.05) is 6.61 Å². The van der Waals surface area contributed by atoms with Crippen LogP contribution in [0.15, 0.2) is 0 Å². The minimum Gasteiger partial charge on any atom is -0.480 e. The van der Waals surface area contributed by atoms with Crippen LogP contribution < -0.4 is 11.1 Å². The van der Waals surface area contributed by atoms with Crippen LogP contribution in [0, 0.1) is 5.92 Å². The van der Waals surface area contributed by atoms with E-state index in [1.807, 2.05) is 13.8 Å². The summed E-state index contributed by atoms with van der Waals surface area (Å²) in [5.74, 6) is -1.15. The molecule has 0 saturated carbocycles. The highest BCUT2D eigenvalue weighted by molar-refractivity contribution is 5.86. The monoisotopic (exact) mass is 272 g/mol. The van der Waals surface area contributed by atoms with Crippen LogP contribution >= 0.6 is 0 Å². The molecule has 110 valence electrons. The predicted molar refractivity (Wildman–Crippen MR) is 70.6 cm³/mol. The van der Waals surface area contributed by atoms with Crippen LogP contribution in [-0.2, 0) is 14.3 Å². The largest absolute Gasteiger partial charge is 0.480 e. The molecule has 4 N–H and O–H groups in total. The number of amides is 1. The van der Waals surface area contributed by atoms with Crippen molar-refractivity contribution in [2.45, 2.75) is 57.7 Å². The molecule has 3 atom stereocenters. The normalized spacial score (nSPS) is 22.2. The Kier molecular flexibility index (Phi) is 6.24. The van der Waals surface area contributed by atoms with E-state index in [4.69, 9.17) is 15.6 Å². The van der Waals surface area contributed by atoms with Crippen molar-refractivity contribution in [3.63, 3.8) is 0 Å². The SMILES string of the molecule is CC(C)C[C@H](N)C(=O)N[C@@H](CC1CCCO1)C(=O)O. The molecule has 1 rings (SSSR count). The molecule has 1 heterocycles. The van der Waals surface area contributed by atoms with Crippen LogP contribution in [0.5, 0.6) is 0 Å². The molecule has 0 aromatic heterocycles. The van der Waals surface area contributed by atoms with E-state index in [1.165, 1.54) is 0 Å². The molecule has 0 spiro atoms. The third-order valence-electron chi connectivity index (χ3n) is 3.20. The number of hydrogen-bond acceptors (Lipinski definition) is 4. The standard InChI is InChI=1S/C13H24N2O4/c1-8(2)6-10(14)12(16)15-11(13(17)18)7-9-4-3-5-19-9/h8-11H,3-7,14H2,1-2H3,(H,15,16)(H,17,18)/t9?,10-,11-/m0/s1. The van der Waals surface area contributed by atoms with Gasteiger partial charge in [0.15, 0.2) is 0 Å². The first-order chi connectivity index (χ1) is 8.90. The zero-order valence-electron chi connectivity index (χ0n) is 11.6. The summed E-state index contributed by atoms with van der Waals surface area (Å²) < 4.78 is 5.39. The summed E-state index contributed by atoms with van der Waals surface area (Å²) in [5.41, 5.74) is 5.74. The number of hydrogen-bond donors (Lipinski definition) is 3. The molecule has 1 unspecified atom stereocenters. The topological polar surface area (TPSA) is 102 Å². The molecule has 1 amide bonds. The van der Waals surface area contributed by atoms with Gasteiger partial charge in [0.05, 0.1) is 12.1 Å². The van der Waals surface area contributed by atoms with Gasteiger partial charge >= 0.3 is 5.97 Å². The average Bonchev–Trinajstić information content (AvgIpc) is 2.79. The van der Waals surface area contributed by atoms with Gasteiger partial charge in [-0.3, -0.25) is 4.79 Å². The molecule has 0 radical (unpaired) electrons. The van der Waals surface area contributed by atoms with Crippen LogP contribution in [-0.4, -0.2) is 41.8 Å². The van der Waals surface area contributed by atoms with Gasteiger partial charge in [0.1, 0.15) is 6.04 Å². The highest BCUT2D eigenvalue weighted by atomic mass is 16.5. The number of carbonyl (C=O) groups excluding carboxylic acids is 1. The van der Waals surface area contributed by atoms with Crippen LogP contribution in [0.2, 0.25) is 0 Å². The third kappa shape index (κ3) is 5.57. The maximum atomic E-state index is 11.8. The quantitative estimate of drug-likeness (QED) is 0.626. The highest BCUT2D eigenvalue weighted by Gasteiger charge is 2.28. The van der Waals surface area contributed by atoms with Gasteiger partial charge in [-0.1, -0.05) is 13.8 Å². The zero-order valence-corrected chi connectivity index (χ0v) is 11.6. The molecule has 6 heteroatoms. The number of carboxylic acid groups (broad SMARTS) is 1. The Morgan fingerprint density at radius 2 is 2.16 bits per heavy atom. The van der Waals surface area contributed by atoms with E-state index in [1.54, 1.807) is 0 Å². The second-order valence-electron chi connectivity index (χ2n) is 5.51. The van der Waals surface area contributed by atoms with E-state index in [2.05, 4.69) is 5.32 Å². The van der Waals surface area contributed by atoms with Crippen LogP contribution in [0.1, 0.15) is 39.5 Å². The first kappa shape index (κ1) is 15.9. The molecule has 1 fully saturated rings. The number of aliphatic carboxylic acids is 1. The van der Waals surface area contributed by atoms with Crippen LogP contribution in [0.3, 0.4) is 0 Å². The maximum Gasteiger partial charge on any atom is 0.326 e. The van der Waals surface area contributed by atoms with Gasteiger partial charge in [0, 0.05) is 13.0 Å². The summed E-state index contributed by atoms with van der Waals surface area (Å²) in [4.78, 5) is 23.0. The Morgan fingerprint density at radius 1 is 1.47 bits per heavy atom. The molecular formula is C13H24N2O4. The lowest BCUT2D eigenvalue weighted by molar-refractivity contribution is -0.143. The van der Waals surface area contributed by atoms with Crippen molar-refractivity contribution < 1.29 is 19.4 Å². The van der Waals surface area contributed by atoms with Gasteiger partial charge in [-0.25, -0.2) is 4.79 Å². The van der Waals surface area contributed by atoms with Gasteiger partial charge in [0.2, 0.25) is 5.91 Å². The maximum absolute atomic E-state index is 11.8. The smallest absolute Gasteiger partial charge is 0.326 e. The molecule has 0 aliphatic carbocycles. The van der Waals surface area contributed by atoms with E-state index in [0.29, 0.717) is 25.4 Å². The number of carbonyl (C=O) groups is 2. The first-order valence-electron chi connectivity index (χ1n) is 6.80. The van der Waals surface area contributed by atoms with Gasteiger partial charge in [-0.2, -0.15) is 0 Å². The summed E-state index contributed by atoms with van der Waals surface area (Å²) >= 11 is 0.